The van der Waals surface area contributed by atoms with Crippen LogP contribution in [0, 0.1) is 6.92 Å². The van der Waals surface area contributed by atoms with Crippen LogP contribution in [0.5, 0.6) is 0 Å². The number of benzene rings is 1. The number of hydrogen-bond donors (Lipinski definition) is 2. The molecule has 0 spiro atoms. The number of furan rings is 1. The molecule has 0 saturated carbocycles. The molecule has 4 rings (SSSR count). The van der Waals surface area contributed by atoms with E-state index < -0.39 is 6.10 Å². The Balaban J connectivity index is 1.16. The highest BCUT2D eigenvalue weighted by Gasteiger charge is 2.21. The molecule has 0 aliphatic carbocycles. The fourth-order valence-electron chi connectivity index (χ4n) is 3.77. The van der Waals surface area contributed by atoms with E-state index in [1.165, 1.54) is 6.26 Å². The summed E-state index contributed by atoms with van der Waals surface area (Å²) in [5, 5.41) is 13.1. The fraction of sp³-hybridized carbons (Fsp3) is 0.417. The molecule has 0 bridgehead atoms. The van der Waals surface area contributed by atoms with E-state index in [2.05, 4.69) is 20.1 Å². The van der Waals surface area contributed by atoms with Crippen LogP contribution in [0.25, 0.3) is 0 Å². The number of piperazine rings is 1. The molecule has 2 aromatic heterocycles. The molecular weight excluding hydrogens is 424 g/mol. The molecule has 3 heterocycles. The molecule has 1 amide bonds. The van der Waals surface area contributed by atoms with E-state index >= 15 is 0 Å². The smallest absolute Gasteiger partial charge is 0.277 e. The molecule has 1 saturated heterocycles. The van der Waals surface area contributed by atoms with Crippen LogP contribution in [0.4, 0.5) is 5.69 Å². The molecule has 9 heteroatoms. The first-order chi connectivity index (χ1) is 16.0. The summed E-state index contributed by atoms with van der Waals surface area (Å²) in [6, 6.07) is 11.3. The fourth-order valence-corrected chi connectivity index (χ4v) is 3.77. The zero-order valence-corrected chi connectivity index (χ0v) is 18.8. The number of rotatable bonds is 10. The Kier molecular flexibility index (Phi) is 7.90. The molecule has 33 heavy (non-hydrogen) atoms. The van der Waals surface area contributed by atoms with E-state index in [0.29, 0.717) is 25.6 Å². The maximum atomic E-state index is 12.4. The van der Waals surface area contributed by atoms with E-state index in [1.807, 2.05) is 43.3 Å². The average Bonchev–Trinajstić information content (AvgIpc) is 3.48. The van der Waals surface area contributed by atoms with E-state index in [1.54, 1.807) is 6.26 Å². The van der Waals surface area contributed by atoms with Gasteiger partial charge in [0.05, 0.1) is 25.5 Å². The molecule has 1 fully saturated rings. The highest BCUT2D eigenvalue weighted by Crippen LogP contribution is 2.13. The second kappa shape index (κ2) is 11.2. The summed E-state index contributed by atoms with van der Waals surface area (Å²) in [7, 11) is 0. The number of hydrogen-bond acceptors (Lipinski definition) is 8. The SMILES string of the molecule is Cc1cccc(NC(=O)c2coc(CN3CCN(CC(O)COCc4ccco4)CC3)n2)c1. The predicted molar refractivity (Wildman–Crippen MR) is 122 cm³/mol. The monoisotopic (exact) mass is 454 g/mol. The average molecular weight is 455 g/mol. The van der Waals surface area contributed by atoms with Gasteiger partial charge in [0.25, 0.3) is 5.91 Å². The maximum absolute atomic E-state index is 12.4. The molecular formula is C24H30N4O5. The van der Waals surface area contributed by atoms with Crippen LogP contribution in [0.3, 0.4) is 0 Å². The Morgan fingerprint density at radius 2 is 2.00 bits per heavy atom. The number of aliphatic hydroxyl groups excluding tert-OH is 1. The maximum Gasteiger partial charge on any atom is 0.277 e. The van der Waals surface area contributed by atoms with Crippen molar-refractivity contribution in [1.82, 2.24) is 14.8 Å². The second-order valence-corrected chi connectivity index (χ2v) is 8.28. The minimum absolute atomic E-state index is 0.266. The molecule has 3 aromatic rings. The standard InChI is InChI=1S/C24H30N4O5/c1-18-4-2-5-19(12-18)25-24(30)22-17-33-23(26-22)14-28-9-7-27(8-10-28)13-20(29)15-31-16-21-6-3-11-32-21/h2-6,11-12,17,20,29H,7-10,13-16H2,1H3,(H,25,30). The number of aromatic nitrogens is 1. The Hall–Kier alpha value is -2.98. The normalized spacial score (nSPS) is 16.1. The lowest BCUT2D eigenvalue weighted by atomic mass is 10.2. The Bertz CT molecular complexity index is 1010. The van der Waals surface area contributed by atoms with Crippen molar-refractivity contribution in [1.29, 1.82) is 0 Å². The zero-order valence-electron chi connectivity index (χ0n) is 18.8. The van der Waals surface area contributed by atoms with Crippen molar-refractivity contribution >= 4 is 11.6 Å². The Morgan fingerprint density at radius 1 is 1.18 bits per heavy atom. The summed E-state index contributed by atoms with van der Waals surface area (Å²) in [4.78, 5) is 21.2. The molecule has 1 unspecified atom stereocenters. The van der Waals surface area contributed by atoms with Crippen molar-refractivity contribution in [3.63, 3.8) is 0 Å². The number of carbonyl (C=O) groups is 1. The van der Waals surface area contributed by atoms with Gasteiger partial charge >= 0.3 is 0 Å². The summed E-state index contributed by atoms with van der Waals surface area (Å²) in [5.74, 6) is 0.978. The first-order valence-corrected chi connectivity index (χ1v) is 11.1. The van der Waals surface area contributed by atoms with Gasteiger partial charge < -0.3 is 24.0 Å². The first kappa shape index (κ1) is 23.2. The Labute approximate surface area is 193 Å². The van der Waals surface area contributed by atoms with Gasteiger partial charge in [0.15, 0.2) is 5.69 Å². The summed E-state index contributed by atoms with van der Waals surface area (Å²) in [5.41, 5.74) is 2.07. The second-order valence-electron chi connectivity index (χ2n) is 8.28. The lowest BCUT2D eigenvalue weighted by molar-refractivity contribution is -0.00353. The van der Waals surface area contributed by atoms with Crippen LogP contribution in [0.2, 0.25) is 0 Å². The number of carbonyl (C=O) groups excluding carboxylic acids is 1. The lowest BCUT2D eigenvalue weighted by Gasteiger charge is -2.34. The van der Waals surface area contributed by atoms with Gasteiger partial charge in [0.2, 0.25) is 5.89 Å². The quantitative estimate of drug-likeness (QED) is 0.482. The number of ether oxygens (including phenoxy) is 1. The molecule has 1 atom stereocenters. The van der Waals surface area contributed by atoms with E-state index in [-0.39, 0.29) is 18.2 Å². The van der Waals surface area contributed by atoms with Gasteiger partial charge in [-0.15, -0.1) is 0 Å². The highest BCUT2D eigenvalue weighted by molar-refractivity contribution is 6.02. The van der Waals surface area contributed by atoms with Gasteiger partial charge in [0.1, 0.15) is 18.6 Å². The zero-order chi connectivity index (χ0) is 23.0. The van der Waals surface area contributed by atoms with Gasteiger partial charge in [-0.2, -0.15) is 0 Å². The molecule has 9 nitrogen and oxygen atoms in total. The molecule has 2 N–H and O–H groups in total. The van der Waals surface area contributed by atoms with E-state index in [4.69, 9.17) is 13.6 Å². The largest absolute Gasteiger partial charge is 0.467 e. The van der Waals surface area contributed by atoms with Crippen LogP contribution >= 0.6 is 0 Å². The van der Waals surface area contributed by atoms with Gasteiger partial charge in [-0.3, -0.25) is 14.6 Å². The van der Waals surface area contributed by atoms with Crippen molar-refractivity contribution in [3.8, 4) is 0 Å². The van der Waals surface area contributed by atoms with Crippen molar-refractivity contribution in [3.05, 3.63) is 71.8 Å². The van der Waals surface area contributed by atoms with Gasteiger partial charge in [-0.1, -0.05) is 12.1 Å². The van der Waals surface area contributed by atoms with Crippen LogP contribution < -0.4 is 5.32 Å². The van der Waals surface area contributed by atoms with Crippen LogP contribution in [-0.2, 0) is 17.9 Å². The molecule has 176 valence electrons. The van der Waals surface area contributed by atoms with Gasteiger partial charge in [0, 0.05) is 38.4 Å². The number of β-amino-alcohol motifs (C(OH)–C–C–N with tert-alkyl or cyclic N) is 1. The van der Waals surface area contributed by atoms with Crippen molar-refractivity contribution in [2.45, 2.75) is 26.2 Å². The summed E-state index contributed by atoms with van der Waals surface area (Å²) in [6.45, 7) is 7.02. The topological polar surface area (TPSA) is 104 Å². The number of nitrogens with zero attached hydrogens (tertiary/aromatic N) is 3. The predicted octanol–water partition coefficient (Wildman–Crippen LogP) is 2.52. The number of aliphatic hydroxyl groups is 1. The van der Waals surface area contributed by atoms with Crippen molar-refractivity contribution < 1.29 is 23.5 Å². The third kappa shape index (κ3) is 7.00. The molecule has 1 aliphatic rings. The lowest BCUT2D eigenvalue weighted by Crippen LogP contribution is -2.48. The van der Waals surface area contributed by atoms with Crippen LogP contribution in [-0.4, -0.2) is 71.2 Å². The minimum Gasteiger partial charge on any atom is -0.467 e. The molecule has 1 aromatic carbocycles. The van der Waals surface area contributed by atoms with E-state index in [9.17, 15) is 9.90 Å². The summed E-state index contributed by atoms with van der Waals surface area (Å²) < 4.78 is 16.3. The molecule has 0 radical (unpaired) electrons. The first-order valence-electron chi connectivity index (χ1n) is 11.1. The number of anilines is 1. The van der Waals surface area contributed by atoms with Crippen molar-refractivity contribution in [2.75, 3.05) is 44.6 Å². The van der Waals surface area contributed by atoms with Gasteiger partial charge in [-0.25, -0.2) is 4.98 Å². The summed E-state index contributed by atoms with van der Waals surface area (Å²) in [6.07, 6.45) is 2.46. The number of amides is 1. The Morgan fingerprint density at radius 3 is 2.76 bits per heavy atom. The number of aryl methyl sites for hydroxylation is 1. The highest BCUT2D eigenvalue weighted by atomic mass is 16.5. The number of nitrogens with one attached hydrogen (secondary N) is 1. The van der Waals surface area contributed by atoms with E-state index in [0.717, 1.165) is 43.2 Å². The van der Waals surface area contributed by atoms with Crippen molar-refractivity contribution in [2.24, 2.45) is 0 Å². The van der Waals surface area contributed by atoms with Crippen LogP contribution in [0.1, 0.15) is 27.7 Å². The molecule has 1 aliphatic heterocycles. The number of oxazole rings is 1. The summed E-state index contributed by atoms with van der Waals surface area (Å²) >= 11 is 0. The minimum atomic E-state index is -0.548. The third-order valence-corrected chi connectivity index (χ3v) is 5.49. The van der Waals surface area contributed by atoms with Crippen LogP contribution in [0.15, 0.2) is 57.8 Å². The van der Waals surface area contributed by atoms with Gasteiger partial charge in [-0.05, 0) is 36.8 Å². The third-order valence-electron chi connectivity index (χ3n) is 5.49.